The predicted octanol–water partition coefficient (Wildman–Crippen LogP) is 16.9. The van der Waals surface area contributed by atoms with E-state index in [-0.39, 0.29) is 0 Å². The van der Waals surface area contributed by atoms with Gasteiger partial charge in [0, 0.05) is 68.0 Å². The molecule has 5 heterocycles. The number of rotatable bonds is 11. The molecule has 0 bridgehead atoms. The van der Waals surface area contributed by atoms with E-state index in [0.29, 0.717) is 34.9 Å². The molecule has 9 heteroatoms. The largest absolute Gasteiger partial charge is 0.256 e. The van der Waals surface area contributed by atoms with Crippen molar-refractivity contribution in [3.63, 3.8) is 0 Å². The number of aromatic nitrogens is 9. The zero-order valence-corrected chi connectivity index (χ0v) is 43.0. The van der Waals surface area contributed by atoms with Crippen molar-refractivity contribution < 1.29 is 0 Å². The van der Waals surface area contributed by atoms with E-state index in [1.54, 1.807) is 0 Å². The molecule has 0 saturated carbocycles. The van der Waals surface area contributed by atoms with Crippen molar-refractivity contribution in [1.29, 1.82) is 0 Å². The Morgan fingerprint density at radius 2 is 0.537 bits per heavy atom. The first-order chi connectivity index (χ1) is 39.6. The number of pyridine rings is 3. The molecule has 0 saturated heterocycles. The van der Waals surface area contributed by atoms with Crippen LogP contribution in [0.5, 0.6) is 0 Å². The minimum Gasteiger partial charge on any atom is -0.256 e. The average Bonchev–Trinajstić information content (AvgIpc) is 3.57. The molecule has 0 spiro atoms. The van der Waals surface area contributed by atoms with Crippen molar-refractivity contribution in [2.75, 3.05) is 0 Å². The van der Waals surface area contributed by atoms with Gasteiger partial charge in [-0.3, -0.25) is 9.97 Å². The SMILES string of the molecule is c1ccc(-c2cc(-c3ccccn3)cc(-c3nc(-c4ccccc4)nc(-c4cccc(-c5cccc(-c6cc(-c7ccccn7)cc(-c7nc(-c8cccc9ccccc89)nc(-c8cccc9ccccc89)n7)c6)n5)c4)n3)c2)cc1. The summed E-state index contributed by atoms with van der Waals surface area (Å²) in [5.74, 6) is 3.33. The van der Waals surface area contributed by atoms with E-state index < -0.39 is 0 Å². The first kappa shape index (κ1) is 47.4. The summed E-state index contributed by atoms with van der Waals surface area (Å²) in [6.45, 7) is 0. The summed E-state index contributed by atoms with van der Waals surface area (Å²) in [6.07, 6.45) is 3.63. The molecule has 9 nitrogen and oxygen atoms in total. The highest BCUT2D eigenvalue weighted by molar-refractivity contribution is 5.98. The third-order valence-electron chi connectivity index (χ3n) is 14.2. The van der Waals surface area contributed by atoms with Crippen LogP contribution < -0.4 is 0 Å². The molecular weight excluding hydrogens is 979 g/mol. The third kappa shape index (κ3) is 9.52. The fourth-order valence-electron chi connectivity index (χ4n) is 10.3. The molecule has 0 aliphatic heterocycles. The topological polar surface area (TPSA) is 116 Å². The van der Waals surface area contributed by atoms with Crippen LogP contribution in [0.4, 0.5) is 0 Å². The molecule has 14 aromatic rings. The third-order valence-corrected chi connectivity index (χ3v) is 14.2. The van der Waals surface area contributed by atoms with Crippen LogP contribution in [-0.4, -0.2) is 44.9 Å². The average molecular weight is 1020 g/mol. The van der Waals surface area contributed by atoms with Crippen LogP contribution >= 0.6 is 0 Å². The van der Waals surface area contributed by atoms with Crippen LogP contribution in [0.2, 0.25) is 0 Å². The molecule has 0 atom stereocenters. The van der Waals surface area contributed by atoms with E-state index >= 15 is 0 Å². The van der Waals surface area contributed by atoms with E-state index in [4.69, 9.17) is 44.9 Å². The maximum Gasteiger partial charge on any atom is 0.164 e. The Morgan fingerprint density at radius 1 is 0.188 bits per heavy atom. The molecule has 0 N–H and O–H groups in total. The molecule has 0 amide bonds. The van der Waals surface area contributed by atoms with Crippen LogP contribution in [-0.2, 0) is 0 Å². The molecule has 9 aromatic carbocycles. The Morgan fingerprint density at radius 3 is 1.11 bits per heavy atom. The second-order valence-corrected chi connectivity index (χ2v) is 19.4. The van der Waals surface area contributed by atoms with Crippen LogP contribution in [0.3, 0.4) is 0 Å². The summed E-state index contributed by atoms with van der Waals surface area (Å²) in [5.41, 5.74) is 14.1. The van der Waals surface area contributed by atoms with Crippen molar-refractivity contribution in [2.24, 2.45) is 0 Å². The van der Waals surface area contributed by atoms with Gasteiger partial charge in [-0.2, -0.15) is 0 Å². The fourth-order valence-corrected chi connectivity index (χ4v) is 10.3. The lowest BCUT2D eigenvalue weighted by Gasteiger charge is -2.14. The molecule has 0 unspecified atom stereocenters. The van der Waals surface area contributed by atoms with Gasteiger partial charge in [0.1, 0.15) is 0 Å². The van der Waals surface area contributed by atoms with Crippen molar-refractivity contribution in [2.45, 2.75) is 0 Å². The van der Waals surface area contributed by atoms with Gasteiger partial charge in [0.2, 0.25) is 0 Å². The lowest BCUT2D eigenvalue weighted by Crippen LogP contribution is -2.01. The van der Waals surface area contributed by atoms with Crippen molar-refractivity contribution in [1.82, 2.24) is 44.9 Å². The summed E-state index contributed by atoms with van der Waals surface area (Å²) >= 11 is 0. The number of hydrogen-bond donors (Lipinski definition) is 0. The van der Waals surface area contributed by atoms with Gasteiger partial charge in [0.25, 0.3) is 0 Å². The zero-order chi connectivity index (χ0) is 53.2. The standard InChI is InChI=1S/C71H45N9/c1-3-19-46(20-4-1)52-40-53(62-33-11-13-37-72-62)43-56(41-52)68-76-66(49-23-5-2-6-24-49)75-67(77-68)51-28-15-27-50(39-51)64-35-18-36-65(74-64)55-42-54(63-34-12-14-38-73-63)44-57(45-55)69-78-70(60-31-16-25-47-21-7-9-29-58(47)60)80-71(79-69)61-32-17-26-48-22-8-10-30-59(48)61/h1-45H. The maximum absolute atomic E-state index is 5.39. The van der Waals surface area contributed by atoms with Gasteiger partial charge in [-0.25, -0.2) is 34.9 Å². The Kier molecular flexibility index (Phi) is 12.3. The fraction of sp³-hybridized carbons (Fsp3) is 0. The van der Waals surface area contributed by atoms with Gasteiger partial charge >= 0.3 is 0 Å². The van der Waals surface area contributed by atoms with Crippen LogP contribution in [0.15, 0.2) is 273 Å². The number of hydrogen-bond acceptors (Lipinski definition) is 9. The monoisotopic (exact) mass is 1020 g/mol. The van der Waals surface area contributed by atoms with Gasteiger partial charge in [-0.15, -0.1) is 0 Å². The van der Waals surface area contributed by atoms with Gasteiger partial charge < -0.3 is 0 Å². The lowest BCUT2D eigenvalue weighted by molar-refractivity contribution is 1.07. The second-order valence-electron chi connectivity index (χ2n) is 19.4. The molecule has 0 fully saturated rings. The highest BCUT2D eigenvalue weighted by Gasteiger charge is 2.20. The number of nitrogens with zero attached hydrogens (tertiary/aromatic N) is 9. The smallest absolute Gasteiger partial charge is 0.164 e. The highest BCUT2D eigenvalue weighted by Crippen LogP contribution is 2.38. The summed E-state index contributed by atoms with van der Waals surface area (Å²) in [5, 5.41) is 4.32. The predicted molar refractivity (Wildman–Crippen MR) is 321 cm³/mol. The Bertz CT molecular complexity index is 4430. The summed E-state index contributed by atoms with van der Waals surface area (Å²) in [6, 6.07) is 88.6. The van der Waals surface area contributed by atoms with Gasteiger partial charge in [0.15, 0.2) is 34.9 Å². The van der Waals surface area contributed by atoms with E-state index in [9.17, 15) is 0 Å². The van der Waals surface area contributed by atoms with E-state index in [0.717, 1.165) is 111 Å². The molecular formula is C71H45N9. The summed E-state index contributed by atoms with van der Waals surface area (Å²) < 4.78 is 0. The van der Waals surface area contributed by atoms with Gasteiger partial charge in [-0.1, -0.05) is 182 Å². The van der Waals surface area contributed by atoms with Crippen LogP contribution in [0.1, 0.15) is 0 Å². The molecule has 14 rings (SSSR count). The zero-order valence-electron chi connectivity index (χ0n) is 43.0. The van der Waals surface area contributed by atoms with E-state index in [1.807, 2.05) is 128 Å². The summed E-state index contributed by atoms with van der Waals surface area (Å²) in [4.78, 5) is 46.3. The van der Waals surface area contributed by atoms with Crippen molar-refractivity contribution in [3.05, 3.63) is 273 Å². The van der Waals surface area contributed by atoms with Crippen LogP contribution in [0, 0.1) is 0 Å². The van der Waals surface area contributed by atoms with E-state index in [2.05, 4.69) is 146 Å². The first-order valence-corrected chi connectivity index (χ1v) is 26.4. The van der Waals surface area contributed by atoms with Gasteiger partial charge in [-0.05, 0) is 112 Å². The Hall–Kier alpha value is -11.0. The normalized spacial score (nSPS) is 11.2. The highest BCUT2D eigenvalue weighted by atomic mass is 15.0. The van der Waals surface area contributed by atoms with Gasteiger partial charge in [0.05, 0.1) is 22.8 Å². The second kappa shape index (κ2) is 20.8. The quantitative estimate of drug-likeness (QED) is 0.125. The molecule has 0 aliphatic carbocycles. The molecule has 5 aromatic heterocycles. The molecule has 0 aliphatic rings. The lowest BCUT2D eigenvalue weighted by atomic mass is 9.97. The first-order valence-electron chi connectivity index (χ1n) is 26.4. The Balaban J connectivity index is 0.891. The van der Waals surface area contributed by atoms with Crippen molar-refractivity contribution >= 4 is 21.5 Å². The van der Waals surface area contributed by atoms with E-state index in [1.165, 1.54) is 0 Å². The Labute approximate surface area is 461 Å². The number of benzene rings is 9. The van der Waals surface area contributed by atoms with Crippen molar-refractivity contribution in [3.8, 4) is 124 Å². The summed E-state index contributed by atoms with van der Waals surface area (Å²) in [7, 11) is 0. The molecule has 0 radical (unpaired) electrons. The molecule has 80 heavy (non-hydrogen) atoms. The maximum atomic E-state index is 5.39. The minimum atomic E-state index is 0.528. The minimum absolute atomic E-state index is 0.528. The van der Waals surface area contributed by atoms with Crippen LogP contribution in [0.25, 0.3) is 146 Å². The number of fused-ring (bicyclic) bond motifs is 2. The molecule has 374 valence electrons.